The minimum Gasteiger partial charge on any atom is -0.494 e. The smallest absolute Gasteiger partial charge is 0.262 e. The molecule has 1 aliphatic rings. The van der Waals surface area contributed by atoms with Crippen LogP contribution in [-0.2, 0) is 11.3 Å². The summed E-state index contributed by atoms with van der Waals surface area (Å²) in [5.74, 6) is 0.884. The van der Waals surface area contributed by atoms with Crippen molar-refractivity contribution in [3.05, 3.63) is 52.8 Å². The third-order valence-electron chi connectivity index (χ3n) is 6.63. The Hall–Kier alpha value is -3.39. The van der Waals surface area contributed by atoms with E-state index in [1.807, 2.05) is 69.2 Å². The molecule has 0 bridgehead atoms. The molecule has 1 N–H and O–H groups in total. The molecule has 0 radical (unpaired) electrons. The lowest BCUT2D eigenvalue weighted by Crippen LogP contribution is -2.37. The number of hydrogen-bond acceptors (Lipinski definition) is 6. The topological polar surface area (TPSA) is 79.7 Å². The number of hydrogen-bond donors (Lipinski definition) is 1. The van der Waals surface area contributed by atoms with E-state index in [1.165, 1.54) is 36.9 Å². The minimum absolute atomic E-state index is 0.0259. The van der Waals surface area contributed by atoms with Crippen molar-refractivity contribution in [3.63, 3.8) is 0 Å². The molecule has 8 heteroatoms. The predicted octanol–water partition coefficient (Wildman–Crippen LogP) is 3.91. The SMILES string of the molecule is CC(C)NC(=O)Cn1c(-c2cccc(N(C)C)c2)nc2ccc(OCCCN3CCCCC3)cc2c1=O. The molecular weight excluding hydrogens is 466 g/mol. The average molecular weight is 506 g/mol. The Bertz CT molecular complexity index is 1280. The van der Waals surface area contributed by atoms with E-state index >= 15 is 0 Å². The maximum absolute atomic E-state index is 13.7. The number of aromatic nitrogens is 2. The van der Waals surface area contributed by atoms with Crippen LogP contribution in [0.1, 0.15) is 39.5 Å². The van der Waals surface area contributed by atoms with Gasteiger partial charge in [0.1, 0.15) is 18.1 Å². The molecule has 1 amide bonds. The van der Waals surface area contributed by atoms with Crippen LogP contribution in [0, 0.1) is 0 Å². The lowest BCUT2D eigenvalue weighted by molar-refractivity contribution is -0.122. The predicted molar refractivity (Wildman–Crippen MR) is 149 cm³/mol. The van der Waals surface area contributed by atoms with E-state index in [1.54, 1.807) is 6.07 Å². The van der Waals surface area contributed by atoms with Gasteiger partial charge in [-0.3, -0.25) is 14.2 Å². The Balaban J connectivity index is 1.63. The molecule has 0 atom stereocenters. The van der Waals surface area contributed by atoms with Gasteiger partial charge in [0.05, 0.1) is 17.5 Å². The largest absolute Gasteiger partial charge is 0.494 e. The molecule has 2 heterocycles. The molecular formula is C29H39N5O3. The molecule has 37 heavy (non-hydrogen) atoms. The molecule has 1 saturated heterocycles. The minimum atomic E-state index is -0.257. The van der Waals surface area contributed by atoms with E-state index in [2.05, 4.69) is 10.2 Å². The van der Waals surface area contributed by atoms with Crippen LogP contribution in [0.3, 0.4) is 0 Å². The second kappa shape index (κ2) is 12.2. The number of amides is 1. The fraction of sp³-hybridized carbons (Fsp3) is 0.483. The summed E-state index contributed by atoms with van der Waals surface area (Å²) in [7, 11) is 3.92. The van der Waals surface area contributed by atoms with E-state index in [0.717, 1.165) is 24.2 Å². The molecule has 0 aliphatic carbocycles. The molecule has 1 aliphatic heterocycles. The van der Waals surface area contributed by atoms with Crippen LogP contribution in [0.4, 0.5) is 5.69 Å². The number of fused-ring (bicyclic) bond motifs is 1. The number of carbonyl (C=O) groups excluding carboxylic acids is 1. The van der Waals surface area contributed by atoms with E-state index in [-0.39, 0.29) is 24.1 Å². The van der Waals surface area contributed by atoms with Crippen molar-refractivity contribution in [2.45, 2.75) is 52.1 Å². The number of ether oxygens (including phenoxy) is 1. The van der Waals surface area contributed by atoms with Gasteiger partial charge >= 0.3 is 0 Å². The highest BCUT2D eigenvalue weighted by Crippen LogP contribution is 2.25. The Kier molecular flexibility index (Phi) is 8.82. The highest BCUT2D eigenvalue weighted by Gasteiger charge is 2.17. The number of nitrogens with zero attached hydrogens (tertiary/aromatic N) is 4. The molecule has 0 unspecified atom stereocenters. The summed E-state index contributed by atoms with van der Waals surface area (Å²) < 4.78 is 7.47. The normalized spacial score (nSPS) is 14.2. The molecule has 2 aromatic carbocycles. The summed E-state index contributed by atoms with van der Waals surface area (Å²) in [4.78, 5) is 35.8. The molecule has 4 rings (SSSR count). The first-order valence-corrected chi connectivity index (χ1v) is 13.3. The van der Waals surface area contributed by atoms with Gasteiger partial charge in [-0.05, 0) is 76.5 Å². The summed E-state index contributed by atoms with van der Waals surface area (Å²) in [5, 5.41) is 3.33. The van der Waals surface area contributed by atoms with Crippen molar-refractivity contribution in [1.82, 2.24) is 19.8 Å². The monoisotopic (exact) mass is 505 g/mol. The van der Waals surface area contributed by atoms with Gasteiger partial charge in [0, 0.05) is 37.9 Å². The molecule has 1 fully saturated rings. The number of piperidine rings is 1. The van der Waals surface area contributed by atoms with Crippen LogP contribution in [0.2, 0.25) is 0 Å². The standard InChI is InChI=1S/C29H39N5O3/c1-21(2)30-27(35)20-34-28(22-10-8-11-23(18-22)32(3)4)31-26-13-12-24(19-25(26)29(34)36)37-17-9-16-33-14-6-5-7-15-33/h8,10-13,18-19,21H,5-7,9,14-17,20H2,1-4H3,(H,30,35). The molecule has 0 spiro atoms. The van der Waals surface area contributed by atoms with Gasteiger partial charge < -0.3 is 19.9 Å². The Morgan fingerprint density at radius 3 is 2.62 bits per heavy atom. The quantitative estimate of drug-likeness (QED) is 0.421. The highest BCUT2D eigenvalue weighted by molar-refractivity contribution is 5.83. The van der Waals surface area contributed by atoms with Gasteiger partial charge in [0.15, 0.2) is 0 Å². The Labute approximate surface area is 219 Å². The molecule has 198 valence electrons. The number of likely N-dealkylation sites (tertiary alicyclic amines) is 1. The van der Waals surface area contributed by atoms with Crippen LogP contribution in [0.25, 0.3) is 22.3 Å². The van der Waals surface area contributed by atoms with Crippen molar-refractivity contribution in [2.24, 2.45) is 0 Å². The molecule has 3 aromatic rings. The van der Waals surface area contributed by atoms with Crippen molar-refractivity contribution < 1.29 is 9.53 Å². The lowest BCUT2D eigenvalue weighted by atomic mass is 10.1. The van der Waals surface area contributed by atoms with Crippen LogP contribution >= 0.6 is 0 Å². The fourth-order valence-electron chi connectivity index (χ4n) is 4.75. The maximum atomic E-state index is 13.7. The molecule has 0 saturated carbocycles. The summed E-state index contributed by atoms with van der Waals surface area (Å²) >= 11 is 0. The van der Waals surface area contributed by atoms with Gasteiger partial charge in [-0.25, -0.2) is 4.98 Å². The van der Waals surface area contributed by atoms with E-state index in [4.69, 9.17) is 9.72 Å². The molecule has 1 aromatic heterocycles. The zero-order valence-corrected chi connectivity index (χ0v) is 22.5. The zero-order chi connectivity index (χ0) is 26.4. The van der Waals surface area contributed by atoms with Crippen molar-refractivity contribution >= 4 is 22.5 Å². The number of anilines is 1. The van der Waals surface area contributed by atoms with Crippen LogP contribution in [0.15, 0.2) is 47.3 Å². The average Bonchev–Trinajstić information content (AvgIpc) is 2.88. The first kappa shape index (κ1) is 26.7. The summed E-state index contributed by atoms with van der Waals surface area (Å²) in [6.07, 6.45) is 4.83. The van der Waals surface area contributed by atoms with Gasteiger partial charge in [-0.15, -0.1) is 0 Å². The number of rotatable bonds is 10. The summed E-state index contributed by atoms with van der Waals surface area (Å²) in [5.41, 5.74) is 2.09. The lowest BCUT2D eigenvalue weighted by Gasteiger charge is -2.26. The third kappa shape index (κ3) is 6.89. The van der Waals surface area contributed by atoms with Crippen LogP contribution in [0.5, 0.6) is 5.75 Å². The Morgan fingerprint density at radius 1 is 1.11 bits per heavy atom. The van der Waals surface area contributed by atoms with Crippen LogP contribution in [-0.4, -0.2) is 66.7 Å². The first-order valence-electron chi connectivity index (χ1n) is 13.3. The first-order chi connectivity index (χ1) is 17.8. The van der Waals surface area contributed by atoms with Gasteiger partial charge in [0.25, 0.3) is 5.56 Å². The Morgan fingerprint density at radius 2 is 1.89 bits per heavy atom. The summed E-state index contributed by atoms with van der Waals surface area (Å²) in [6, 6.07) is 13.2. The molecule has 8 nitrogen and oxygen atoms in total. The van der Waals surface area contributed by atoms with Crippen molar-refractivity contribution in [1.29, 1.82) is 0 Å². The number of carbonyl (C=O) groups is 1. The second-order valence-corrected chi connectivity index (χ2v) is 10.3. The van der Waals surface area contributed by atoms with E-state index in [0.29, 0.717) is 29.1 Å². The highest BCUT2D eigenvalue weighted by atomic mass is 16.5. The van der Waals surface area contributed by atoms with E-state index < -0.39 is 0 Å². The van der Waals surface area contributed by atoms with Crippen molar-refractivity contribution in [3.8, 4) is 17.1 Å². The number of nitrogens with one attached hydrogen (secondary N) is 1. The van der Waals surface area contributed by atoms with Crippen molar-refractivity contribution in [2.75, 3.05) is 45.2 Å². The van der Waals surface area contributed by atoms with Gasteiger partial charge in [0.2, 0.25) is 5.91 Å². The zero-order valence-electron chi connectivity index (χ0n) is 22.5. The third-order valence-corrected chi connectivity index (χ3v) is 6.63. The van der Waals surface area contributed by atoms with Gasteiger partial charge in [-0.1, -0.05) is 18.6 Å². The van der Waals surface area contributed by atoms with Gasteiger partial charge in [-0.2, -0.15) is 0 Å². The number of benzene rings is 2. The maximum Gasteiger partial charge on any atom is 0.262 e. The van der Waals surface area contributed by atoms with Crippen LogP contribution < -0.4 is 20.5 Å². The fourth-order valence-corrected chi connectivity index (χ4v) is 4.75. The van der Waals surface area contributed by atoms with E-state index in [9.17, 15) is 9.59 Å². The second-order valence-electron chi connectivity index (χ2n) is 10.3. The summed E-state index contributed by atoms with van der Waals surface area (Å²) in [6.45, 7) is 7.66.